The summed E-state index contributed by atoms with van der Waals surface area (Å²) in [6, 6.07) is 14.5. The van der Waals surface area contributed by atoms with Gasteiger partial charge in [0.2, 0.25) is 5.95 Å². The Morgan fingerprint density at radius 3 is 2.40 bits per heavy atom. The van der Waals surface area contributed by atoms with Crippen molar-refractivity contribution in [3.63, 3.8) is 0 Å². The lowest BCUT2D eigenvalue weighted by Gasteiger charge is -2.23. The van der Waals surface area contributed by atoms with Crippen LogP contribution < -0.4 is 9.64 Å². The molecule has 1 amide bonds. The van der Waals surface area contributed by atoms with Gasteiger partial charge in [-0.3, -0.25) is 14.5 Å². The second kappa shape index (κ2) is 8.08. The minimum absolute atomic E-state index is 0.0317. The number of hydrogen-bond acceptors (Lipinski definition) is 6. The van der Waals surface area contributed by atoms with Crippen LogP contribution in [0.3, 0.4) is 0 Å². The summed E-state index contributed by atoms with van der Waals surface area (Å²) in [5.74, 6) is -1.20. The van der Waals surface area contributed by atoms with E-state index in [1.165, 1.54) is 24.4 Å². The van der Waals surface area contributed by atoms with Crippen molar-refractivity contribution in [3.8, 4) is 5.75 Å². The van der Waals surface area contributed by atoms with Crippen molar-refractivity contribution in [1.29, 1.82) is 0 Å². The van der Waals surface area contributed by atoms with E-state index in [1.54, 1.807) is 48.5 Å². The fourth-order valence-electron chi connectivity index (χ4n) is 3.35. The maximum atomic E-state index is 13.0. The summed E-state index contributed by atoms with van der Waals surface area (Å²) in [7, 11) is 1.54. The molecule has 4 rings (SSSR count). The molecular weight excluding hydrogens is 450 g/mol. The Balaban J connectivity index is 1.93. The summed E-state index contributed by atoms with van der Waals surface area (Å²) in [6.45, 7) is 0. The minimum Gasteiger partial charge on any atom is -0.507 e. The van der Waals surface area contributed by atoms with E-state index in [0.29, 0.717) is 16.9 Å². The van der Waals surface area contributed by atoms with E-state index in [1.807, 2.05) is 6.07 Å². The summed E-state index contributed by atoms with van der Waals surface area (Å²) in [4.78, 5) is 35.4. The van der Waals surface area contributed by atoms with E-state index >= 15 is 0 Å². The van der Waals surface area contributed by atoms with Crippen molar-refractivity contribution < 1.29 is 19.4 Å². The van der Waals surface area contributed by atoms with E-state index in [-0.39, 0.29) is 17.3 Å². The van der Waals surface area contributed by atoms with Crippen molar-refractivity contribution in [2.24, 2.45) is 0 Å². The minimum atomic E-state index is -0.882. The number of ether oxygens (including phenoxy) is 1. The number of anilines is 1. The normalized spacial score (nSPS) is 17.9. The van der Waals surface area contributed by atoms with Crippen LogP contribution in [-0.4, -0.2) is 33.9 Å². The Morgan fingerprint density at radius 2 is 1.77 bits per heavy atom. The third kappa shape index (κ3) is 3.46. The quantitative estimate of drug-likeness (QED) is 0.357. The second-order valence-corrected chi connectivity index (χ2v) is 7.42. The summed E-state index contributed by atoms with van der Waals surface area (Å²) in [5, 5.41) is 11.0. The van der Waals surface area contributed by atoms with Gasteiger partial charge in [-0.25, -0.2) is 9.97 Å². The summed E-state index contributed by atoms with van der Waals surface area (Å²) >= 11 is 3.42. The second-order valence-electron chi connectivity index (χ2n) is 6.50. The molecule has 0 spiro atoms. The molecule has 2 heterocycles. The van der Waals surface area contributed by atoms with Crippen LogP contribution in [0.2, 0.25) is 0 Å². The standard InChI is InChI=1S/C22H16BrN3O4/c1-30-16-8-6-13(7-9-16)19(27)17-18(14-4-2-5-15(23)12-14)26(21(29)20(17)28)22-24-10-3-11-25-22/h2-12,18,27H,1H3/b19-17+. The monoisotopic (exact) mass is 465 g/mol. The predicted molar refractivity (Wildman–Crippen MR) is 114 cm³/mol. The van der Waals surface area contributed by atoms with Crippen LogP contribution in [0.15, 0.2) is 77.0 Å². The molecule has 1 fully saturated rings. The maximum Gasteiger partial charge on any atom is 0.302 e. The molecule has 0 saturated carbocycles. The van der Waals surface area contributed by atoms with E-state index in [2.05, 4.69) is 25.9 Å². The first kappa shape index (κ1) is 19.8. The Labute approximate surface area is 180 Å². The molecule has 30 heavy (non-hydrogen) atoms. The van der Waals surface area contributed by atoms with Gasteiger partial charge in [-0.05, 0) is 48.0 Å². The van der Waals surface area contributed by atoms with E-state index in [0.717, 1.165) is 4.47 Å². The summed E-state index contributed by atoms with van der Waals surface area (Å²) in [6.07, 6.45) is 2.98. The Morgan fingerprint density at radius 1 is 1.07 bits per heavy atom. The number of aromatic nitrogens is 2. The van der Waals surface area contributed by atoms with Crippen molar-refractivity contribution in [2.75, 3.05) is 12.0 Å². The van der Waals surface area contributed by atoms with Crippen LogP contribution in [0.1, 0.15) is 17.2 Å². The molecular formula is C22H16BrN3O4. The van der Waals surface area contributed by atoms with Gasteiger partial charge in [0.1, 0.15) is 11.5 Å². The largest absolute Gasteiger partial charge is 0.507 e. The molecule has 3 aromatic rings. The number of halogens is 1. The summed E-state index contributed by atoms with van der Waals surface area (Å²) < 4.78 is 5.91. The molecule has 1 aliphatic rings. The fraction of sp³-hybridized carbons (Fsp3) is 0.0909. The number of rotatable bonds is 4. The SMILES string of the molecule is COc1ccc(/C(O)=C2\C(=O)C(=O)N(c3ncccn3)C2c2cccc(Br)c2)cc1. The zero-order chi connectivity index (χ0) is 21.3. The Kier molecular flexibility index (Phi) is 5.33. The highest BCUT2D eigenvalue weighted by Gasteiger charge is 2.48. The Bertz CT molecular complexity index is 1150. The van der Waals surface area contributed by atoms with Crippen LogP contribution in [0.4, 0.5) is 5.95 Å². The van der Waals surface area contributed by atoms with E-state index in [4.69, 9.17) is 4.74 Å². The molecule has 8 heteroatoms. The lowest BCUT2D eigenvalue weighted by atomic mass is 9.95. The molecule has 1 N–H and O–H groups in total. The molecule has 1 atom stereocenters. The molecule has 1 unspecified atom stereocenters. The number of benzene rings is 2. The lowest BCUT2D eigenvalue weighted by Crippen LogP contribution is -2.31. The zero-order valence-electron chi connectivity index (χ0n) is 15.8. The van der Waals surface area contributed by atoms with Crippen molar-refractivity contribution >= 4 is 39.3 Å². The van der Waals surface area contributed by atoms with E-state index < -0.39 is 17.7 Å². The molecule has 0 bridgehead atoms. The number of ketones is 1. The summed E-state index contributed by atoms with van der Waals surface area (Å²) in [5.41, 5.74) is 0.990. The fourth-order valence-corrected chi connectivity index (χ4v) is 3.77. The number of carbonyl (C=O) groups is 2. The smallest absolute Gasteiger partial charge is 0.302 e. The number of Topliss-reactive ketones (excluding diaryl/α,β-unsaturated/α-hetero) is 1. The zero-order valence-corrected chi connectivity index (χ0v) is 17.4. The molecule has 0 aliphatic carbocycles. The van der Waals surface area contributed by atoms with Gasteiger partial charge in [-0.2, -0.15) is 0 Å². The average molecular weight is 466 g/mol. The van der Waals surface area contributed by atoms with Gasteiger partial charge < -0.3 is 9.84 Å². The van der Waals surface area contributed by atoms with Crippen LogP contribution in [0.25, 0.3) is 5.76 Å². The highest BCUT2D eigenvalue weighted by Crippen LogP contribution is 2.41. The first-order valence-corrected chi connectivity index (χ1v) is 9.78. The molecule has 1 aromatic heterocycles. The molecule has 2 aromatic carbocycles. The van der Waals surface area contributed by atoms with Gasteiger partial charge in [-0.1, -0.05) is 28.1 Å². The predicted octanol–water partition coefficient (Wildman–Crippen LogP) is 3.87. The number of methoxy groups -OCH3 is 1. The lowest BCUT2D eigenvalue weighted by molar-refractivity contribution is -0.132. The van der Waals surface area contributed by atoms with E-state index in [9.17, 15) is 14.7 Å². The van der Waals surface area contributed by atoms with Gasteiger partial charge in [0.25, 0.3) is 5.78 Å². The molecule has 0 radical (unpaired) electrons. The molecule has 7 nitrogen and oxygen atoms in total. The number of aliphatic hydroxyl groups excluding tert-OH is 1. The molecule has 1 aliphatic heterocycles. The van der Waals surface area contributed by atoms with Crippen LogP contribution in [0, 0.1) is 0 Å². The average Bonchev–Trinajstić information content (AvgIpc) is 3.04. The van der Waals surface area contributed by atoms with Crippen LogP contribution in [-0.2, 0) is 9.59 Å². The number of aliphatic hydroxyl groups is 1. The van der Waals surface area contributed by atoms with Gasteiger partial charge in [-0.15, -0.1) is 0 Å². The van der Waals surface area contributed by atoms with Crippen LogP contribution >= 0.6 is 15.9 Å². The first-order valence-electron chi connectivity index (χ1n) is 8.99. The van der Waals surface area contributed by atoms with Crippen molar-refractivity contribution in [2.45, 2.75) is 6.04 Å². The number of amides is 1. The van der Waals surface area contributed by atoms with Gasteiger partial charge >= 0.3 is 5.91 Å². The highest BCUT2D eigenvalue weighted by atomic mass is 79.9. The topological polar surface area (TPSA) is 92.6 Å². The number of nitrogens with zero attached hydrogens (tertiary/aromatic N) is 3. The highest BCUT2D eigenvalue weighted by molar-refractivity contribution is 9.10. The first-order chi connectivity index (χ1) is 14.5. The number of carbonyl (C=O) groups excluding carboxylic acids is 2. The van der Waals surface area contributed by atoms with Crippen molar-refractivity contribution in [3.05, 3.63) is 88.2 Å². The van der Waals surface area contributed by atoms with Crippen molar-refractivity contribution in [1.82, 2.24) is 9.97 Å². The van der Waals surface area contributed by atoms with Gasteiger partial charge in [0.15, 0.2) is 0 Å². The Hall–Kier alpha value is -3.52. The molecule has 150 valence electrons. The maximum absolute atomic E-state index is 13.0. The molecule has 1 saturated heterocycles. The van der Waals surface area contributed by atoms with Crippen LogP contribution in [0.5, 0.6) is 5.75 Å². The van der Waals surface area contributed by atoms with Gasteiger partial charge in [0, 0.05) is 22.4 Å². The van der Waals surface area contributed by atoms with Gasteiger partial charge in [0.05, 0.1) is 18.7 Å². The third-order valence-electron chi connectivity index (χ3n) is 4.74. The third-order valence-corrected chi connectivity index (χ3v) is 5.23. The number of hydrogen-bond donors (Lipinski definition) is 1.